The van der Waals surface area contributed by atoms with E-state index in [1.165, 1.54) is 31.6 Å². The van der Waals surface area contributed by atoms with E-state index in [-0.39, 0.29) is 33.4 Å². The zero-order chi connectivity index (χ0) is 17.3. The van der Waals surface area contributed by atoms with Crippen molar-refractivity contribution in [2.75, 3.05) is 7.11 Å². The van der Waals surface area contributed by atoms with Crippen molar-refractivity contribution in [2.45, 2.75) is 11.9 Å². The van der Waals surface area contributed by atoms with Crippen LogP contribution < -0.4 is 14.9 Å². The molecule has 0 saturated heterocycles. The third-order valence-corrected chi connectivity index (χ3v) is 4.61. The maximum Gasteiger partial charge on any atom is 0.277 e. The van der Waals surface area contributed by atoms with Crippen LogP contribution in [0.15, 0.2) is 45.8 Å². The van der Waals surface area contributed by atoms with Crippen LogP contribution in [0.25, 0.3) is 21.9 Å². The highest BCUT2D eigenvalue weighted by Crippen LogP contribution is 2.52. The standard InChI is InChI=1S/C18H12O7/c1-22-16-13-10(24-9-4-2-3-8(19)12(9)15(13)20)7-11-14(16)18(21)5-6-23-17(18)25-11/h2-7,17,19,21H,1H3/t17-,18+/m1/s1. The first-order chi connectivity index (χ1) is 12.0. The van der Waals surface area contributed by atoms with E-state index in [4.69, 9.17) is 18.6 Å². The lowest BCUT2D eigenvalue weighted by Gasteiger charge is -2.19. The van der Waals surface area contributed by atoms with Gasteiger partial charge in [-0.05, 0) is 18.2 Å². The minimum absolute atomic E-state index is 0.0499. The van der Waals surface area contributed by atoms with Gasteiger partial charge in [0.2, 0.25) is 5.43 Å². The number of aliphatic hydroxyl groups is 1. The lowest BCUT2D eigenvalue weighted by molar-refractivity contribution is -0.110. The smallest absolute Gasteiger partial charge is 0.277 e. The molecule has 2 aliphatic rings. The average molecular weight is 340 g/mol. The van der Waals surface area contributed by atoms with Gasteiger partial charge in [0, 0.05) is 6.07 Å². The summed E-state index contributed by atoms with van der Waals surface area (Å²) in [7, 11) is 1.39. The Balaban J connectivity index is 1.99. The predicted molar refractivity (Wildman–Crippen MR) is 86.7 cm³/mol. The Morgan fingerprint density at radius 3 is 2.88 bits per heavy atom. The molecule has 0 aliphatic carbocycles. The first-order valence-corrected chi connectivity index (χ1v) is 7.57. The number of phenols is 1. The number of hydrogen-bond donors (Lipinski definition) is 2. The zero-order valence-electron chi connectivity index (χ0n) is 13.0. The fourth-order valence-corrected chi connectivity index (χ4v) is 3.49. The van der Waals surface area contributed by atoms with Gasteiger partial charge < -0.3 is 28.8 Å². The summed E-state index contributed by atoms with van der Waals surface area (Å²) >= 11 is 0. The van der Waals surface area contributed by atoms with Gasteiger partial charge >= 0.3 is 0 Å². The second-order valence-corrected chi connectivity index (χ2v) is 5.95. The number of methoxy groups -OCH3 is 1. The summed E-state index contributed by atoms with van der Waals surface area (Å²) in [5.41, 5.74) is -1.25. The Kier molecular flexibility index (Phi) is 2.53. The Labute approximate surface area is 140 Å². The van der Waals surface area contributed by atoms with Gasteiger partial charge in [-0.1, -0.05) is 6.07 Å². The van der Waals surface area contributed by atoms with Gasteiger partial charge in [-0.15, -0.1) is 0 Å². The van der Waals surface area contributed by atoms with E-state index in [2.05, 4.69) is 0 Å². The Morgan fingerprint density at radius 1 is 1.24 bits per heavy atom. The quantitative estimate of drug-likeness (QED) is 0.655. The van der Waals surface area contributed by atoms with E-state index in [1.807, 2.05) is 0 Å². The van der Waals surface area contributed by atoms with E-state index in [1.54, 1.807) is 12.1 Å². The number of fused-ring (bicyclic) bond motifs is 5. The molecular formula is C18H12O7. The largest absolute Gasteiger partial charge is 0.507 e. The molecule has 1 aromatic heterocycles. The topological polar surface area (TPSA) is 98.4 Å². The van der Waals surface area contributed by atoms with Crippen molar-refractivity contribution in [1.82, 2.24) is 0 Å². The molecule has 5 rings (SSSR count). The van der Waals surface area contributed by atoms with Crippen LogP contribution in [0.3, 0.4) is 0 Å². The van der Waals surface area contributed by atoms with Gasteiger partial charge in [0.25, 0.3) is 6.29 Å². The summed E-state index contributed by atoms with van der Waals surface area (Å²) < 4.78 is 22.1. The van der Waals surface area contributed by atoms with Crippen LogP contribution in [-0.4, -0.2) is 23.6 Å². The molecule has 0 unspecified atom stereocenters. The highest BCUT2D eigenvalue weighted by molar-refractivity contribution is 5.97. The SMILES string of the molecule is COc1c2c(cc3oc4cccc(O)c4c(=O)c13)O[C@H]1OC=C[C@]21O. The van der Waals surface area contributed by atoms with Crippen molar-refractivity contribution < 1.29 is 28.8 Å². The first kappa shape index (κ1) is 14.2. The molecule has 0 amide bonds. The zero-order valence-corrected chi connectivity index (χ0v) is 13.0. The van der Waals surface area contributed by atoms with E-state index in [0.29, 0.717) is 11.3 Å². The lowest BCUT2D eigenvalue weighted by atomic mass is 9.92. The molecule has 2 aliphatic heterocycles. The Hall–Kier alpha value is -3.19. The summed E-state index contributed by atoms with van der Waals surface area (Å²) in [4.78, 5) is 13.0. The Bertz CT molecular complexity index is 1140. The van der Waals surface area contributed by atoms with Crippen molar-refractivity contribution in [3.8, 4) is 17.2 Å². The summed E-state index contributed by atoms with van der Waals surface area (Å²) in [5, 5.41) is 21.1. The molecule has 0 radical (unpaired) electrons. The lowest BCUT2D eigenvalue weighted by Crippen LogP contribution is -2.33. The van der Waals surface area contributed by atoms with E-state index in [9.17, 15) is 15.0 Å². The fourth-order valence-electron chi connectivity index (χ4n) is 3.49. The van der Waals surface area contributed by atoms with Gasteiger partial charge in [-0.3, -0.25) is 4.79 Å². The van der Waals surface area contributed by atoms with Crippen LogP contribution in [0, 0.1) is 0 Å². The summed E-state index contributed by atoms with van der Waals surface area (Å²) in [6.45, 7) is 0. The van der Waals surface area contributed by atoms with Gasteiger partial charge in [0.15, 0.2) is 5.60 Å². The third-order valence-electron chi connectivity index (χ3n) is 4.61. The van der Waals surface area contributed by atoms with E-state index >= 15 is 0 Å². The molecule has 0 saturated carbocycles. The number of ether oxygens (including phenoxy) is 3. The molecule has 3 aromatic rings. The maximum absolute atomic E-state index is 13.0. The van der Waals surface area contributed by atoms with Gasteiger partial charge in [-0.2, -0.15) is 0 Å². The average Bonchev–Trinajstić information content (AvgIpc) is 3.06. The van der Waals surface area contributed by atoms with Crippen molar-refractivity contribution in [1.29, 1.82) is 0 Å². The fraction of sp³-hybridized carbons (Fsp3) is 0.167. The molecule has 126 valence electrons. The van der Waals surface area contributed by atoms with Crippen LogP contribution in [0.2, 0.25) is 0 Å². The second-order valence-electron chi connectivity index (χ2n) is 5.95. The highest BCUT2D eigenvalue weighted by atomic mass is 16.7. The molecule has 3 heterocycles. The molecule has 7 nitrogen and oxygen atoms in total. The molecule has 0 spiro atoms. The van der Waals surface area contributed by atoms with Gasteiger partial charge in [-0.25, -0.2) is 0 Å². The Morgan fingerprint density at radius 2 is 2.08 bits per heavy atom. The first-order valence-electron chi connectivity index (χ1n) is 7.57. The molecular weight excluding hydrogens is 328 g/mol. The number of rotatable bonds is 1. The van der Waals surface area contributed by atoms with Crippen molar-refractivity contribution in [3.05, 3.63) is 52.4 Å². The van der Waals surface area contributed by atoms with Crippen LogP contribution >= 0.6 is 0 Å². The van der Waals surface area contributed by atoms with Gasteiger partial charge in [0.05, 0.1) is 18.9 Å². The molecule has 25 heavy (non-hydrogen) atoms. The normalized spacial score (nSPS) is 23.4. The third kappa shape index (κ3) is 1.60. The number of aromatic hydroxyl groups is 1. The van der Waals surface area contributed by atoms with Crippen LogP contribution in [0.5, 0.6) is 17.2 Å². The molecule has 2 aromatic carbocycles. The number of hydrogen-bond acceptors (Lipinski definition) is 7. The minimum Gasteiger partial charge on any atom is -0.507 e. The second kappa shape index (κ2) is 4.46. The van der Waals surface area contributed by atoms with E-state index in [0.717, 1.165) is 0 Å². The monoisotopic (exact) mass is 340 g/mol. The van der Waals surface area contributed by atoms with E-state index < -0.39 is 17.3 Å². The van der Waals surface area contributed by atoms with Crippen molar-refractivity contribution in [3.63, 3.8) is 0 Å². The molecule has 2 N–H and O–H groups in total. The van der Waals surface area contributed by atoms with Gasteiger partial charge in [0.1, 0.15) is 39.2 Å². The predicted octanol–water partition coefficient (Wildman–Crippen LogP) is 2.11. The van der Waals surface area contributed by atoms with Crippen LogP contribution in [-0.2, 0) is 10.3 Å². The maximum atomic E-state index is 13.0. The summed E-state index contributed by atoms with van der Waals surface area (Å²) in [6.07, 6.45) is 1.83. The molecule has 7 heteroatoms. The number of phenolic OH excluding ortho intramolecular Hbond substituents is 1. The summed E-state index contributed by atoms with van der Waals surface area (Å²) in [5.74, 6) is 0.253. The molecule has 2 atom stereocenters. The van der Waals surface area contributed by atoms with Crippen molar-refractivity contribution >= 4 is 21.9 Å². The van der Waals surface area contributed by atoms with Crippen LogP contribution in [0.1, 0.15) is 5.56 Å². The molecule has 0 bridgehead atoms. The van der Waals surface area contributed by atoms with Crippen molar-refractivity contribution in [2.24, 2.45) is 0 Å². The number of benzene rings is 2. The van der Waals surface area contributed by atoms with Crippen LogP contribution in [0.4, 0.5) is 0 Å². The molecule has 0 fully saturated rings. The summed E-state index contributed by atoms with van der Waals surface area (Å²) in [6, 6.07) is 6.10. The highest BCUT2D eigenvalue weighted by Gasteiger charge is 2.53. The minimum atomic E-state index is -1.56.